The molecule has 3 fully saturated rings. The Morgan fingerprint density at radius 3 is 2.49 bits per heavy atom. The second-order valence-electron chi connectivity index (χ2n) is 15.4. The maximum absolute atomic E-state index is 14.4. The van der Waals surface area contributed by atoms with E-state index in [-0.39, 0.29) is 42.5 Å². The zero-order valence-corrected chi connectivity index (χ0v) is 30.4. The summed E-state index contributed by atoms with van der Waals surface area (Å²) < 4.78 is 5.49. The smallest absolute Gasteiger partial charge is 0.315 e. The molecular formula is C37H53N5O6S. The van der Waals surface area contributed by atoms with E-state index in [1.807, 2.05) is 32.9 Å². The first-order chi connectivity index (χ1) is 23.1. The Morgan fingerprint density at radius 2 is 1.88 bits per heavy atom. The van der Waals surface area contributed by atoms with Gasteiger partial charge < -0.3 is 30.6 Å². The van der Waals surface area contributed by atoms with Gasteiger partial charge in [0.05, 0.1) is 23.6 Å². The monoisotopic (exact) mass is 695 g/mol. The number of piperidine rings is 1. The van der Waals surface area contributed by atoms with Crippen molar-refractivity contribution in [3.05, 3.63) is 36.8 Å². The topological polar surface area (TPSA) is 150 Å². The first-order valence-electron chi connectivity index (χ1n) is 17.3. The van der Waals surface area contributed by atoms with Gasteiger partial charge in [0.1, 0.15) is 17.8 Å². The lowest BCUT2D eigenvalue weighted by atomic mass is 9.83. The van der Waals surface area contributed by atoms with E-state index < -0.39 is 52.7 Å². The van der Waals surface area contributed by atoms with Crippen LogP contribution in [-0.2, 0) is 24.9 Å². The molecule has 0 radical (unpaired) electrons. The number of hydrogen-bond donors (Lipinski definition) is 4. The first kappa shape index (κ1) is 38.1. The van der Waals surface area contributed by atoms with Gasteiger partial charge in [0.2, 0.25) is 17.6 Å². The van der Waals surface area contributed by atoms with Crippen molar-refractivity contribution in [2.45, 2.75) is 109 Å². The summed E-state index contributed by atoms with van der Waals surface area (Å²) in [5, 5.41) is 11.5. The third kappa shape index (κ3) is 9.10. The van der Waals surface area contributed by atoms with Crippen LogP contribution in [0.5, 0.6) is 0 Å². The number of thioether (sulfide) groups is 1. The van der Waals surface area contributed by atoms with Crippen molar-refractivity contribution < 1.29 is 28.4 Å². The zero-order valence-electron chi connectivity index (χ0n) is 29.6. The number of likely N-dealkylation sites (tertiary alicyclic amines) is 1. The molecule has 2 saturated carbocycles. The van der Waals surface area contributed by atoms with Crippen LogP contribution in [0.2, 0.25) is 0 Å². The lowest BCUT2D eigenvalue weighted by Crippen LogP contribution is -2.63. The number of amides is 5. The zero-order chi connectivity index (χ0) is 36.0. The summed E-state index contributed by atoms with van der Waals surface area (Å²) in [6.45, 7) is 13.8. The number of fused-ring (bicyclic) bond motifs is 1. The third-order valence-corrected chi connectivity index (χ3v) is 11.6. The Morgan fingerprint density at radius 1 is 1.16 bits per heavy atom. The Bertz CT molecular complexity index is 1420. The average Bonchev–Trinajstić information content (AvgIpc) is 3.48. The predicted octanol–water partition coefficient (Wildman–Crippen LogP) is 4.18. The summed E-state index contributed by atoms with van der Waals surface area (Å²) in [4.78, 5) is 69.3. The van der Waals surface area contributed by atoms with Gasteiger partial charge in [-0.3, -0.25) is 19.2 Å². The van der Waals surface area contributed by atoms with Gasteiger partial charge in [-0.15, -0.1) is 18.9 Å². The largest absolute Gasteiger partial charge is 0.468 e. The minimum Gasteiger partial charge on any atom is -0.468 e. The number of terminal acetylenes is 1. The molecule has 4 N–H and O–H groups in total. The molecule has 1 saturated heterocycles. The third-order valence-electron chi connectivity index (χ3n) is 10.4. The maximum atomic E-state index is 14.4. The molecule has 2 heterocycles. The van der Waals surface area contributed by atoms with E-state index in [4.69, 9.17) is 10.8 Å². The SMILES string of the molecule is C#CCCC(NC(=O)[C@@H]1C2[C@H](CN1C(=O)[C@@H](NC(=O)NC1(CSCc3ccco3)CCCCC1)C(C)(C)C)C2(C)C)C(=O)C(=O)NCC=C. The minimum absolute atomic E-state index is 0.0779. The van der Waals surface area contributed by atoms with Crippen molar-refractivity contribution in [2.24, 2.45) is 22.7 Å². The van der Waals surface area contributed by atoms with Crippen LogP contribution in [0.3, 0.4) is 0 Å². The van der Waals surface area contributed by atoms with Gasteiger partial charge in [0.15, 0.2) is 0 Å². The summed E-state index contributed by atoms with van der Waals surface area (Å²) >= 11 is 1.71. The van der Waals surface area contributed by atoms with Crippen molar-refractivity contribution in [3.63, 3.8) is 0 Å². The van der Waals surface area contributed by atoms with Gasteiger partial charge in [0, 0.05) is 25.3 Å². The highest BCUT2D eigenvalue weighted by Crippen LogP contribution is 2.65. The normalized spacial score (nSPS) is 23.2. The molecule has 0 aromatic carbocycles. The molecule has 49 heavy (non-hydrogen) atoms. The van der Waals surface area contributed by atoms with Gasteiger partial charge in [0.25, 0.3) is 5.91 Å². The lowest BCUT2D eigenvalue weighted by Gasteiger charge is -2.40. The van der Waals surface area contributed by atoms with Crippen LogP contribution >= 0.6 is 11.8 Å². The number of Topliss-reactive ketones (excluding diaryl/α,β-unsaturated/α-hetero) is 1. The first-order valence-corrected chi connectivity index (χ1v) is 18.5. The molecule has 0 bridgehead atoms. The molecule has 1 aromatic heterocycles. The number of rotatable bonds is 15. The van der Waals surface area contributed by atoms with Crippen LogP contribution < -0.4 is 21.3 Å². The van der Waals surface area contributed by atoms with E-state index in [0.717, 1.165) is 37.9 Å². The highest BCUT2D eigenvalue weighted by molar-refractivity contribution is 7.98. The summed E-state index contributed by atoms with van der Waals surface area (Å²) in [6.07, 6.45) is 13.6. The molecule has 2 aliphatic carbocycles. The number of hydrogen-bond acceptors (Lipinski definition) is 7. The highest BCUT2D eigenvalue weighted by atomic mass is 32.2. The van der Waals surface area contributed by atoms with Crippen LogP contribution in [-0.4, -0.2) is 76.9 Å². The maximum Gasteiger partial charge on any atom is 0.315 e. The predicted molar refractivity (Wildman–Crippen MR) is 190 cm³/mol. The quantitative estimate of drug-likeness (QED) is 0.122. The van der Waals surface area contributed by atoms with E-state index in [1.165, 1.54) is 6.08 Å². The fourth-order valence-electron chi connectivity index (χ4n) is 7.48. The summed E-state index contributed by atoms with van der Waals surface area (Å²) in [6, 6.07) is 0.441. The van der Waals surface area contributed by atoms with Gasteiger partial charge in [-0.05, 0) is 54.1 Å². The molecule has 0 spiro atoms. The second kappa shape index (κ2) is 15.9. The number of urea groups is 1. The number of carbonyl (C=O) groups excluding carboxylic acids is 5. The van der Waals surface area contributed by atoms with E-state index in [1.54, 1.807) is 22.9 Å². The van der Waals surface area contributed by atoms with Crippen molar-refractivity contribution in [2.75, 3.05) is 18.8 Å². The average molecular weight is 696 g/mol. The number of carbonyl (C=O) groups is 5. The molecule has 5 amide bonds. The summed E-state index contributed by atoms with van der Waals surface area (Å²) in [7, 11) is 0. The van der Waals surface area contributed by atoms with Gasteiger partial charge in [-0.25, -0.2) is 4.79 Å². The summed E-state index contributed by atoms with van der Waals surface area (Å²) in [5.41, 5.74) is -1.29. The Balaban J connectivity index is 1.50. The van der Waals surface area contributed by atoms with Crippen molar-refractivity contribution in [1.82, 2.24) is 26.2 Å². The van der Waals surface area contributed by atoms with Crippen molar-refractivity contribution >= 4 is 41.3 Å². The van der Waals surface area contributed by atoms with Gasteiger partial charge >= 0.3 is 6.03 Å². The molecule has 1 aromatic rings. The van der Waals surface area contributed by atoms with Crippen LogP contribution in [0.25, 0.3) is 0 Å². The fraction of sp³-hybridized carbons (Fsp3) is 0.649. The molecule has 5 atom stereocenters. The van der Waals surface area contributed by atoms with Crippen LogP contribution in [0.4, 0.5) is 4.79 Å². The van der Waals surface area contributed by atoms with E-state index >= 15 is 0 Å². The van der Waals surface area contributed by atoms with E-state index in [0.29, 0.717) is 18.1 Å². The molecule has 2 unspecified atom stereocenters. The van der Waals surface area contributed by atoms with Crippen molar-refractivity contribution in [3.8, 4) is 12.3 Å². The van der Waals surface area contributed by atoms with Crippen LogP contribution in [0.15, 0.2) is 35.5 Å². The number of nitrogens with zero attached hydrogens (tertiary/aromatic N) is 1. The lowest BCUT2D eigenvalue weighted by molar-refractivity contribution is -0.145. The van der Waals surface area contributed by atoms with E-state index in [9.17, 15) is 24.0 Å². The molecule has 3 aliphatic rings. The molecule has 1 aliphatic heterocycles. The van der Waals surface area contributed by atoms with Crippen LogP contribution in [0, 0.1) is 35.0 Å². The van der Waals surface area contributed by atoms with Crippen molar-refractivity contribution in [1.29, 1.82) is 0 Å². The second-order valence-corrected chi connectivity index (χ2v) is 16.4. The molecular weight excluding hydrogens is 643 g/mol. The number of nitrogens with one attached hydrogen (secondary N) is 4. The molecule has 268 valence electrons. The Hall–Kier alpha value is -3.72. The Kier molecular flexibility index (Phi) is 12.3. The minimum atomic E-state index is -1.15. The number of ketones is 1. The summed E-state index contributed by atoms with van der Waals surface area (Å²) in [5.74, 6) is 2.19. The van der Waals surface area contributed by atoms with Crippen LogP contribution in [0.1, 0.15) is 85.3 Å². The molecule has 4 rings (SSSR count). The van der Waals surface area contributed by atoms with Gasteiger partial charge in [-0.1, -0.05) is 60.0 Å². The molecule has 12 heteroatoms. The highest BCUT2D eigenvalue weighted by Gasteiger charge is 2.70. The number of furan rings is 1. The van der Waals surface area contributed by atoms with Gasteiger partial charge in [-0.2, -0.15) is 11.8 Å². The van der Waals surface area contributed by atoms with E-state index in [2.05, 4.69) is 47.6 Å². The fourth-order valence-corrected chi connectivity index (χ4v) is 8.69. The molecule has 11 nitrogen and oxygen atoms in total. The Labute approximate surface area is 294 Å². The standard InChI is InChI=1S/C37H53N5O6S/c1-8-10-16-26(29(43)32(45)38-19-9-2)39-31(44)28-27-25(36(27,6)7)21-42(28)33(46)30(35(3,4)5)40-34(47)41-37(17-12-11-13-18-37)23-49-22-24-15-14-20-48-24/h1,9,14-15,20,25-28,30H,2,10-13,16-19,21-23H2,3-7H3,(H,38,45)(H,39,44)(H2,40,41,47)/t25-,26?,27?,28-,30+/m0/s1.